The van der Waals surface area contributed by atoms with Gasteiger partial charge in [-0.25, -0.2) is 9.97 Å². The molecule has 1 heterocycles. The predicted octanol–water partition coefficient (Wildman–Crippen LogP) is 3.07. The lowest BCUT2D eigenvalue weighted by Gasteiger charge is -2.11. The molecule has 0 N–H and O–H groups in total. The molecule has 1 aromatic heterocycles. The molecule has 1 rings (SSSR count). The third-order valence-corrected chi connectivity index (χ3v) is 2.48. The van der Waals surface area contributed by atoms with Crippen molar-refractivity contribution in [3.8, 4) is 5.88 Å². The summed E-state index contributed by atoms with van der Waals surface area (Å²) in [6.07, 6.45) is 3.29. The van der Waals surface area contributed by atoms with Gasteiger partial charge in [0, 0.05) is 23.6 Å². The van der Waals surface area contributed by atoms with Crippen LogP contribution in [0.25, 0.3) is 0 Å². The van der Waals surface area contributed by atoms with E-state index < -0.39 is 0 Å². The van der Waals surface area contributed by atoms with Crippen LogP contribution in [0, 0.1) is 5.92 Å². The molecule has 0 bridgehead atoms. The maximum atomic E-state index is 6.24. The predicted molar refractivity (Wildman–Crippen MR) is 66.0 cm³/mol. The van der Waals surface area contributed by atoms with Crippen LogP contribution in [0.2, 0.25) is 0 Å². The standard InChI is InChI=1S/C12H19ClN2O/c1-4-16-12-7-11(14-8-15-12)6-10(13)5-9(2)3/h7-10H,4-6H2,1-3H3. The molecule has 1 atom stereocenters. The average molecular weight is 243 g/mol. The molecule has 1 unspecified atom stereocenters. The Morgan fingerprint density at radius 3 is 2.75 bits per heavy atom. The third kappa shape index (κ3) is 4.79. The topological polar surface area (TPSA) is 35.0 Å². The second-order valence-corrected chi connectivity index (χ2v) is 4.83. The van der Waals surface area contributed by atoms with Crippen LogP contribution < -0.4 is 4.74 Å². The van der Waals surface area contributed by atoms with Crippen molar-refractivity contribution in [2.45, 2.75) is 39.0 Å². The summed E-state index contributed by atoms with van der Waals surface area (Å²) in [5, 5.41) is 0.129. The van der Waals surface area contributed by atoms with Crippen molar-refractivity contribution in [3.63, 3.8) is 0 Å². The van der Waals surface area contributed by atoms with Crippen LogP contribution in [0.1, 0.15) is 32.9 Å². The second kappa shape index (κ2) is 6.69. The SMILES string of the molecule is CCOc1cc(CC(Cl)CC(C)C)ncn1. The van der Waals surface area contributed by atoms with Crippen LogP contribution in [0.4, 0.5) is 0 Å². The molecule has 3 nitrogen and oxygen atoms in total. The van der Waals surface area contributed by atoms with Crippen molar-refractivity contribution in [2.75, 3.05) is 6.61 Å². The first-order valence-corrected chi connectivity index (χ1v) is 6.13. The Bertz CT molecular complexity index is 318. The van der Waals surface area contributed by atoms with Crippen LogP contribution in [0.5, 0.6) is 5.88 Å². The van der Waals surface area contributed by atoms with E-state index in [1.165, 1.54) is 6.33 Å². The highest BCUT2D eigenvalue weighted by Crippen LogP contribution is 2.16. The number of rotatable bonds is 6. The fraction of sp³-hybridized carbons (Fsp3) is 0.667. The van der Waals surface area contributed by atoms with Gasteiger partial charge in [-0.1, -0.05) is 13.8 Å². The van der Waals surface area contributed by atoms with E-state index in [0.29, 0.717) is 18.4 Å². The number of aromatic nitrogens is 2. The lowest BCUT2D eigenvalue weighted by molar-refractivity contribution is 0.325. The van der Waals surface area contributed by atoms with Crippen molar-refractivity contribution in [3.05, 3.63) is 18.1 Å². The molecule has 0 aromatic carbocycles. The summed E-state index contributed by atoms with van der Waals surface area (Å²) in [6.45, 7) is 6.89. The van der Waals surface area contributed by atoms with E-state index in [9.17, 15) is 0 Å². The van der Waals surface area contributed by atoms with Crippen LogP contribution in [0.3, 0.4) is 0 Å². The zero-order valence-electron chi connectivity index (χ0n) is 10.1. The van der Waals surface area contributed by atoms with E-state index in [0.717, 1.165) is 18.5 Å². The molecule has 0 aliphatic carbocycles. The van der Waals surface area contributed by atoms with Gasteiger partial charge in [0.2, 0.25) is 5.88 Å². The van der Waals surface area contributed by atoms with Gasteiger partial charge >= 0.3 is 0 Å². The average Bonchev–Trinajstić information content (AvgIpc) is 2.17. The van der Waals surface area contributed by atoms with Crippen LogP contribution in [-0.4, -0.2) is 22.0 Å². The van der Waals surface area contributed by atoms with E-state index in [1.54, 1.807) is 0 Å². The Labute approximate surface area is 102 Å². The highest BCUT2D eigenvalue weighted by molar-refractivity contribution is 6.20. The first-order valence-electron chi connectivity index (χ1n) is 5.69. The molecule has 0 aliphatic heterocycles. The normalized spacial score (nSPS) is 12.8. The van der Waals surface area contributed by atoms with Gasteiger partial charge in [0.15, 0.2) is 0 Å². The second-order valence-electron chi connectivity index (χ2n) is 4.21. The van der Waals surface area contributed by atoms with Crippen LogP contribution in [0.15, 0.2) is 12.4 Å². The minimum Gasteiger partial charge on any atom is -0.478 e. The summed E-state index contributed by atoms with van der Waals surface area (Å²) in [5.74, 6) is 1.23. The van der Waals surface area contributed by atoms with Gasteiger partial charge in [-0.15, -0.1) is 11.6 Å². The maximum absolute atomic E-state index is 6.24. The Hall–Kier alpha value is -0.830. The van der Waals surface area contributed by atoms with E-state index >= 15 is 0 Å². The third-order valence-electron chi connectivity index (χ3n) is 2.15. The van der Waals surface area contributed by atoms with Gasteiger partial charge in [-0.2, -0.15) is 0 Å². The van der Waals surface area contributed by atoms with Gasteiger partial charge in [0.05, 0.1) is 6.61 Å². The van der Waals surface area contributed by atoms with E-state index in [-0.39, 0.29) is 5.38 Å². The Kier molecular flexibility index (Phi) is 5.53. The van der Waals surface area contributed by atoms with Crippen molar-refractivity contribution < 1.29 is 4.74 Å². The number of halogens is 1. The van der Waals surface area contributed by atoms with Crippen molar-refractivity contribution in [1.82, 2.24) is 9.97 Å². The molecule has 0 saturated carbocycles. The summed E-state index contributed by atoms with van der Waals surface area (Å²) < 4.78 is 5.31. The molecular formula is C12H19ClN2O. The molecule has 0 fully saturated rings. The van der Waals surface area contributed by atoms with Crippen molar-refractivity contribution in [1.29, 1.82) is 0 Å². The molecule has 0 aliphatic rings. The molecule has 16 heavy (non-hydrogen) atoms. The minimum atomic E-state index is 0.129. The number of hydrogen-bond donors (Lipinski definition) is 0. The Balaban J connectivity index is 2.55. The summed E-state index contributed by atoms with van der Waals surface area (Å²) in [6, 6.07) is 1.86. The maximum Gasteiger partial charge on any atom is 0.216 e. The molecule has 0 amide bonds. The van der Waals surface area contributed by atoms with Crippen molar-refractivity contribution in [2.24, 2.45) is 5.92 Å². The summed E-state index contributed by atoms with van der Waals surface area (Å²) in [7, 11) is 0. The smallest absolute Gasteiger partial charge is 0.216 e. The number of hydrogen-bond acceptors (Lipinski definition) is 3. The molecule has 1 aromatic rings. The van der Waals surface area contributed by atoms with E-state index in [1.807, 2.05) is 13.0 Å². The Morgan fingerprint density at radius 1 is 1.38 bits per heavy atom. The van der Waals surface area contributed by atoms with E-state index in [4.69, 9.17) is 16.3 Å². The minimum absolute atomic E-state index is 0.129. The first kappa shape index (κ1) is 13.2. The summed E-state index contributed by atoms with van der Waals surface area (Å²) >= 11 is 6.24. The molecule has 0 spiro atoms. The van der Waals surface area contributed by atoms with Gasteiger partial charge < -0.3 is 4.74 Å². The summed E-state index contributed by atoms with van der Waals surface area (Å²) in [4.78, 5) is 8.21. The van der Waals surface area contributed by atoms with Crippen LogP contribution in [-0.2, 0) is 6.42 Å². The van der Waals surface area contributed by atoms with Gasteiger partial charge in [-0.05, 0) is 19.3 Å². The molecule has 0 radical (unpaired) electrons. The largest absolute Gasteiger partial charge is 0.478 e. The molecule has 90 valence electrons. The fourth-order valence-electron chi connectivity index (χ4n) is 1.54. The lowest BCUT2D eigenvalue weighted by atomic mass is 10.0. The number of nitrogens with zero attached hydrogens (tertiary/aromatic N) is 2. The quantitative estimate of drug-likeness (QED) is 0.719. The highest BCUT2D eigenvalue weighted by atomic mass is 35.5. The molecule has 0 saturated heterocycles. The van der Waals surface area contributed by atoms with Crippen molar-refractivity contribution >= 4 is 11.6 Å². The fourth-order valence-corrected chi connectivity index (χ4v) is 2.05. The molecule has 4 heteroatoms. The zero-order valence-corrected chi connectivity index (χ0v) is 10.9. The van der Waals surface area contributed by atoms with E-state index in [2.05, 4.69) is 23.8 Å². The highest BCUT2D eigenvalue weighted by Gasteiger charge is 2.10. The lowest BCUT2D eigenvalue weighted by Crippen LogP contribution is -2.09. The summed E-state index contributed by atoms with van der Waals surface area (Å²) in [5.41, 5.74) is 0.944. The monoisotopic (exact) mass is 242 g/mol. The van der Waals surface area contributed by atoms with Crippen LogP contribution >= 0.6 is 11.6 Å². The first-order chi connectivity index (χ1) is 7.61. The van der Waals surface area contributed by atoms with Gasteiger partial charge in [0.25, 0.3) is 0 Å². The number of alkyl halides is 1. The zero-order chi connectivity index (χ0) is 12.0. The van der Waals surface area contributed by atoms with Gasteiger partial charge in [0.1, 0.15) is 6.33 Å². The Morgan fingerprint density at radius 2 is 2.12 bits per heavy atom. The number of ether oxygens (including phenoxy) is 1. The molecular weight excluding hydrogens is 224 g/mol. The van der Waals surface area contributed by atoms with Gasteiger partial charge in [-0.3, -0.25) is 0 Å².